The Balaban J connectivity index is 1.83. The predicted octanol–water partition coefficient (Wildman–Crippen LogP) is 6.11. The van der Waals surface area contributed by atoms with E-state index < -0.39 is 23.4 Å². The second-order valence-corrected chi connectivity index (χ2v) is 11.0. The summed E-state index contributed by atoms with van der Waals surface area (Å²) in [6.07, 6.45) is -2.69. The van der Waals surface area contributed by atoms with Crippen molar-refractivity contribution in [1.29, 1.82) is 0 Å². The second-order valence-electron chi connectivity index (χ2n) is 8.75. The van der Waals surface area contributed by atoms with Gasteiger partial charge in [0.1, 0.15) is 11.3 Å². The molecule has 0 saturated carbocycles. The number of alkyl halides is 3. The molecule has 11 heteroatoms. The SMILES string of the molecule is CC(C)(C)OC(=O)NC[C@@H]1CCCCN1C(=O)c1nc(Br)sc1-c1cccc(C(F)(F)F)c1. The maximum Gasteiger partial charge on any atom is 0.416 e. The van der Waals surface area contributed by atoms with Crippen LogP contribution in [0.25, 0.3) is 10.4 Å². The van der Waals surface area contributed by atoms with Gasteiger partial charge in [0.15, 0.2) is 3.92 Å². The summed E-state index contributed by atoms with van der Waals surface area (Å²) in [5.41, 5.74) is -1.06. The van der Waals surface area contributed by atoms with Crippen LogP contribution in [0, 0.1) is 0 Å². The van der Waals surface area contributed by atoms with Crippen LogP contribution in [0.2, 0.25) is 0 Å². The van der Waals surface area contributed by atoms with Crippen molar-refractivity contribution in [3.63, 3.8) is 0 Å². The molecule has 180 valence electrons. The number of carbonyl (C=O) groups is 2. The van der Waals surface area contributed by atoms with Crippen molar-refractivity contribution in [3.05, 3.63) is 39.4 Å². The van der Waals surface area contributed by atoms with Crippen LogP contribution in [0.1, 0.15) is 56.1 Å². The van der Waals surface area contributed by atoms with Crippen LogP contribution >= 0.6 is 27.3 Å². The van der Waals surface area contributed by atoms with Gasteiger partial charge in [-0.15, -0.1) is 11.3 Å². The van der Waals surface area contributed by atoms with Crippen LogP contribution in [-0.4, -0.2) is 46.6 Å². The Bertz CT molecular complexity index is 1020. The van der Waals surface area contributed by atoms with E-state index in [-0.39, 0.29) is 29.8 Å². The number of alkyl carbamates (subject to hydrolysis) is 1. The molecule has 1 aliphatic heterocycles. The molecule has 1 saturated heterocycles. The van der Waals surface area contributed by atoms with E-state index >= 15 is 0 Å². The molecule has 2 heterocycles. The highest BCUT2D eigenvalue weighted by molar-refractivity contribution is 9.11. The summed E-state index contributed by atoms with van der Waals surface area (Å²) in [6, 6.07) is 4.59. The zero-order valence-electron chi connectivity index (χ0n) is 18.5. The first-order valence-electron chi connectivity index (χ1n) is 10.5. The number of ether oxygens (including phenoxy) is 1. The second kappa shape index (κ2) is 10.0. The largest absolute Gasteiger partial charge is 0.444 e. The lowest BCUT2D eigenvalue weighted by molar-refractivity contribution is -0.137. The number of hydrogen-bond donors (Lipinski definition) is 1. The quantitative estimate of drug-likeness (QED) is 0.501. The molecule has 0 bridgehead atoms. The highest BCUT2D eigenvalue weighted by Crippen LogP contribution is 2.38. The molecule has 1 atom stereocenters. The number of rotatable bonds is 4. The molecule has 6 nitrogen and oxygen atoms in total. The van der Waals surface area contributed by atoms with Gasteiger partial charge in [0, 0.05) is 19.1 Å². The van der Waals surface area contributed by atoms with E-state index in [1.54, 1.807) is 25.7 Å². The summed E-state index contributed by atoms with van der Waals surface area (Å²) in [5.74, 6) is -0.375. The van der Waals surface area contributed by atoms with Gasteiger partial charge in [0.2, 0.25) is 0 Å². The van der Waals surface area contributed by atoms with Crippen molar-refractivity contribution >= 4 is 39.3 Å². The first kappa shape index (κ1) is 25.5. The fourth-order valence-corrected chi connectivity index (χ4v) is 5.05. The fraction of sp³-hybridized carbons (Fsp3) is 0.500. The predicted molar refractivity (Wildman–Crippen MR) is 123 cm³/mol. The van der Waals surface area contributed by atoms with E-state index in [1.165, 1.54) is 12.1 Å². The van der Waals surface area contributed by atoms with Gasteiger partial charge in [-0.3, -0.25) is 4.79 Å². The lowest BCUT2D eigenvalue weighted by atomic mass is 10.0. The van der Waals surface area contributed by atoms with Gasteiger partial charge >= 0.3 is 12.3 Å². The Kier molecular flexibility index (Phi) is 7.73. The van der Waals surface area contributed by atoms with Gasteiger partial charge in [-0.25, -0.2) is 9.78 Å². The Hall–Kier alpha value is -2.14. The number of piperidine rings is 1. The molecule has 2 aromatic rings. The maximum absolute atomic E-state index is 13.5. The fourth-order valence-electron chi connectivity index (χ4n) is 3.60. The lowest BCUT2D eigenvalue weighted by Crippen LogP contribution is -2.50. The zero-order chi connectivity index (χ0) is 24.4. The Morgan fingerprint density at radius 1 is 1.27 bits per heavy atom. The average Bonchev–Trinajstić information content (AvgIpc) is 3.12. The number of amides is 2. The van der Waals surface area contributed by atoms with Crippen molar-refractivity contribution in [1.82, 2.24) is 15.2 Å². The number of halogens is 4. The zero-order valence-corrected chi connectivity index (χ0v) is 20.9. The van der Waals surface area contributed by atoms with E-state index in [4.69, 9.17) is 4.74 Å². The van der Waals surface area contributed by atoms with Gasteiger partial charge < -0.3 is 15.0 Å². The molecule has 0 spiro atoms. The summed E-state index contributed by atoms with van der Waals surface area (Å²) in [7, 11) is 0. The number of likely N-dealkylation sites (tertiary alicyclic amines) is 1. The number of aromatic nitrogens is 1. The van der Waals surface area contributed by atoms with Crippen LogP contribution in [-0.2, 0) is 10.9 Å². The minimum absolute atomic E-state index is 0.0929. The third-order valence-corrected chi connectivity index (χ3v) is 6.58. The molecule has 1 aromatic carbocycles. The Morgan fingerprint density at radius 2 is 2.00 bits per heavy atom. The Labute approximate surface area is 202 Å². The normalized spacial score (nSPS) is 17.1. The smallest absolute Gasteiger partial charge is 0.416 e. The summed E-state index contributed by atoms with van der Waals surface area (Å²) < 4.78 is 45.3. The molecule has 1 N–H and O–H groups in total. The van der Waals surface area contributed by atoms with Crippen molar-refractivity contribution in [2.75, 3.05) is 13.1 Å². The van der Waals surface area contributed by atoms with Crippen molar-refractivity contribution in [2.45, 2.75) is 57.9 Å². The lowest BCUT2D eigenvalue weighted by Gasteiger charge is -2.35. The van der Waals surface area contributed by atoms with Crippen molar-refractivity contribution in [3.8, 4) is 10.4 Å². The van der Waals surface area contributed by atoms with Crippen LogP contribution in [0.3, 0.4) is 0 Å². The van der Waals surface area contributed by atoms with E-state index in [0.29, 0.717) is 21.8 Å². The Morgan fingerprint density at radius 3 is 2.67 bits per heavy atom. The third-order valence-electron chi connectivity index (χ3n) is 5.02. The van der Waals surface area contributed by atoms with E-state index in [0.717, 1.165) is 36.3 Å². The number of thiazole rings is 1. The minimum Gasteiger partial charge on any atom is -0.444 e. The molecule has 0 unspecified atom stereocenters. The molecule has 0 radical (unpaired) electrons. The summed E-state index contributed by atoms with van der Waals surface area (Å²) in [6.45, 7) is 5.97. The van der Waals surface area contributed by atoms with Gasteiger partial charge in [-0.2, -0.15) is 13.2 Å². The minimum atomic E-state index is -4.49. The van der Waals surface area contributed by atoms with Gasteiger partial charge in [-0.05, 0) is 73.7 Å². The molecular formula is C22H25BrF3N3O3S. The average molecular weight is 548 g/mol. The molecular weight excluding hydrogens is 523 g/mol. The van der Waals surface area contributed by atoms with Crippen molar-refractivity contribution < 1.29 is 27.5 Å². The molecule has 3 rings (SSSR count). The topological polar surface area (TPSA) is 71.5 Å². The van der Waals surface area contributed by atoms with Crippen LogP contribution < -0.4 is 5.32 Å². The van der Waals surface area contributed by atoms with Crippen molar-refractivity contribution in [2.24, 2.45) is 0 Å². The number of hydrogen-bond acceptors (Lipinski definition) is 5. The first-order chi connectivity index (χ1) is 15.3. The molecule has 1 aromatic heterocycles. The van der Waals surface area contributed by atoms with E-state index in [2.05, 4.69) is 26.2 Å². The van der Waals surface area contributed by atoms with Crippen LogP contribution in [0.4, 0.5) is 18.0 Å². The molecule has 33 heavy (non-hydrogen) atoms. The van der Waals surface area contributed by atoms with E-state index in [9.17, 15) is 22.8 Å². The van der Waals surface area contributed by atoms with E-state index in [1.807, 2.05) is 0 Å². The monoisotopic (exact) mass is 547 g/mol. The number of benzene rings is 1. The standard InChI is InChI=1S/C22H25BrF3N3O3S/c1-21(2,3)32-20(31)27-12-15-9-4-5-10-29(15)18(30)16-17(33-19(23)28-16)13-7-6-8-14(11-13)22(24,25)26/h6-8,11,15H,4-5,9-10,12H2,1-3H3,(H,27,31)/t15-/m0/s1. The van der Waals surface area contributed by atoms with Gasteiger partial charge in [-0.1, -0.05) is 12.1 Å². The molecule has 1 aliphatic rings. The molecule has 1 fully saturated rings. The summed E-state index contributed by atoms with van der Waals surface area (Å²) in [4.78, 5) is 31.8. The van der Waals surface area contributed by atoms with Crippen LogP contribution in [0.15, 0.2) is 28.2 Å². The maximum atomic E-state index is 13.5. The highest BCUT2D eigenvalue weighted by Gasteiger charge is 2.33. The number of carbonyl (C=O) groups excluding carboxylic acids is 2. The first-order valence-corrected chi connectivity index (χ1v) is 12.1. The molecule has 0 aliphatic carbocycles. The third kappa shape index (κ3) is 6.69. The number of nitrogens with one attached hydrogen (secondary N) is 1. The van der Waals surface area contributed by atoms with Crippen LogP contribution in [0.5, 0.6) is 0 Å². The molecule has 2 amide bonds. The van der Waals surface area contributed by atoms with Gasteiger partial charge in [0.25, 0.3) is 5.91 Å². The highest BCUT2D eigenvalue weighted by atomic mass is 79.9. The summed E-state index contributed by atoms with van der Waals surface area (Å²) in [5, 5.41) is 2.71. The van der Waals surface area contributed by atoms with Gasteiger partial charge in [0.05, 0.1) is 10.4 Å². The number of nitrogens with zero attached hydrogens (tertiary/aromatic N) is 2. The summed E-state index contributed by atoms with van der Waals surface area (Å²) >= 11 is 4.37.